The van der Waals surface area contributed by atoms with Crippen LogP contribution in [0.5, 0.6) is 0 Å². The van der Waals surface area contributed by atoms with Crippen molar-refractivity contribution >= 4 is 39.4 Å². The number of carbonyl (C=O) groups is 5. The lowest BCUT2D eigenvalue weighted by Gasteiger charge is -2.42. The predicted molar refractivity (Wildman–Crippen MR) is 197 cm³/mol. The van der Waals surface area contributed by atoms with Crippen LogP contribution in [0.3, 0.4) is 0 Å². The van der Waals surface area contributed by atoms with Crippen LogP contribution in [0.2, 0.25) is 0 Å². The van der Waals surface area contributed by atoms with E-state index in [2.05, 4.69) is 41.7 Å². The van der Waals surface area contributed by atoms with Crippen LogP contribution >= 0.6 is 0 Å². The van der Waals surface area contributed by atoms with Crippen molar-refractivity contribution < 1.29 is 32.4 Å². The molecule has 51 heavy (non-hydrogen) atoms. The first-order valence-electron chi connectivity index (χ1n) is 19.1. The summed E-state index contributed by atoms with van der Waals surface area (Å²) in [4.78, 5) is 70.4. The van der Waals surface area contributed by atoms with Crippen molar-refractivity contribution in [3.05, 3.63) is 12.7 Å². The third kappa shape index (κ3) is 8.82. The van der Waals surface area contributed by atoms with Gasteiger partial charge in [-0.05, 0) is 75.5 Å². The first kappa shape index (κ1) is 40.8. The summed E-state index contributed by atoms with van der Waals surface area (Å²) < 4.78 is 25.8. The molecule has 0 radical (unpaired) electrons. The molecule has 0 bridgehead atoms. The van der Waals surface area contributed by atoms with E-state index in [0.717, 1.165) is 38.5 Å². The van der Waals surface area contributed by atoms with E-state index in [1.807, 2.05) is 13.8 Å². The van der Waals surface area contributed by atoms with Gasteiger partial charge in [-0.15, -0.1) is 6.58 Å². The Bertz CT molecular complexity index is 1460. The van der Waals surface area contributed by atoms with E-state index in [0.29, 0.717) is 38.6 Å². The minimum absolute atomic E-state index is 0.0665. The highest BCUT2D eigenvalue weighted by atomic mass is 32.2. The maximum Gasteiger partial charge on any atom is 0.315 e. The minimum Gasteiger partial charge on any atom is -0.346 e. The van der Waals surface area contributed by atoms with Gasteiger partial charge in [0.2, 0.25) is 17.6 Å². The molecule has 13 heteroatoms. The average Bonchev–Trinajstić information content (AvgIpc) is 3.42. The largest absolute Gasteiger partial charge is 0.346 e. The molecule has 4 rings (SSSR count). The number of fused-ring (bicyclic) bond motifs is 1. The molecule has 0 aromatic carbocycles. The van der Waals surface area contributed by atoms with E-state index in [4.69, 9.17) is 0 Å². The van der Waals surface area contributed by atoms with Gasteiger partial charge in [0.25, 0.3) is 5.91 Å². The molecule has 3 saturated carbocycles. The van der Waals surface area contributed by atoms with Gasteiger partial charge in [-0.25, -0.2) is 13.2 Å². The third-order valence-electron chi connectivity index (χ3n) is 12.4. The van der Waals surface area contributed by atoms with Crippen LogP contribution in [-0.4, -0.2) is 90.1 Å². The van der Waals surface area contributed by atoms with E-state index in [1.54, 1.807) is 25.7 Å². The molecule has 1 saturated heterocycles. The first-order chi connectivity index (χ1) is 23.7. The number of Topliss-reactive ketones (excluding diaryl/α,β-unsaturated/α-hetero) is 1. The monoisotopic (exact) mass is 733 g/mol. The predicted octanol–water partition coefficient (Wildman–Crippen LogP) is 4.18. The number of nitrogens with one attached hydrogen (secondary N) is 4. The number of amides is 5. The summed E-state index contributed by atoms with van der Waals surface area (Å²) in [5, 5.41) is 11.4. The summed E-state index contributed by atoms with van der Waals surface area (Å²) in [6.07, 6.45) is 9.96. The first-order valence-corrected chi connectivity index (χ1v) is 20.7. The number of carbonyl (C=O) groups excluding carboxylic acids is 5. The molecule has 3 aliphatic carbocycles. The fourth-order valence-corrected chi connectivity index (χ4v) is 10.4. The van der Waals surface area contributed by atoms with Gasteiger partial charge in [-0.1, -0.05) is 78.7 Å². The van der Waals surface area contributed by atoms with Crippen molar-refractivity contribution in [1.29, 1.82) is 0 Å². The lowest BCUT2D eigenvalue weighted by Crippen LogP contribution is -2.64. The molecule has 0 spiro atoms. The molecule has 4 N–H and O–H groups in total. The van der Waals surface area contributed by atoms with E-state index < -0.39 is 67.3 Å². The zero-order chi connectivity index (χ0) is 38.0. The Balaban J connectivity index is 1.60. The summed E-state index contributed by atoms with van der Waals surface area (Å²) in [6.45, 7) is 17.1. The highest BCUT2D eigenvalue weighted by molar-refractivity contribution is 7.92. The minimum atomic E-state index is -3.56. The quantitative estimate of drug-likeness (QED) is 0.145. The van der Waals surface area contributed by atoms with E-state index in [9.17, 15) is 32.4 Å². The molecule has 4 fully saturated rings. The SMILES string of the molecule is C=CCNC(=O)C(=O)C(CCCC)NC(=O)[C@@H]1C2[C@H](CN1C(=O)[C@@H](NC(=O)NC1(CS(=O)(=O)C(C)(C)C)CCCCC1)C1(C)CCCC1)C2(C)C. The summed E-state index contributed by atoms with van der Waals surface area (Å²) >= 11 is 0. The lowest BCUT2D eigenvalue weighted by molar-refractivity contribution is -0.145. The Hall–Kier alpha value is -2.96. The van der Waals surface area contributed by atoms with Crippen molar-refractivity contribution in [2.24, 2.45) is 22.7 Å². The number of urea groups is 1. The van der Waals surface area contributed by atoms with Gasteiger partial charge < -0.3 is 26.2 Å². The number of hydrogen-bond donors (Lipinski definition) is 4. The molecular formula is C38H63N5O7S. The van der Waals surface area contributed by atoms with Crippen LogP contribution in [-0.2, 0) is 29.0 Å². The van der Waals surface area contributed by atoms with Crippen molar-refractivity contribution in [3.63, 3.8) is 0 Å². The standard InChI is InChI=1S/C38H63N5O7S/c1-9-11-17-26(29(44)32(46)39-22-10-2)40-31(45)28-27-25(36(27,6)7)23-43(28)33(47)30(37(8)18-15-16-19-37)41-34(48)42-38(20-13-12-14-21-38)24-51(49,50)35(3,4)5/h10,25-28,30H,2,9,11-24H2,1,3-8H3,(H,39,46)(H,40,45)(H2,41,42,48)/t25-,26?,27?,28-,30+/m0/s1. The van der Waals surface area contributed by atoms with Crippen LogP contribution < -0.4 is 21.3 Å². The second-order valence-corrected chi connectivity index (χ2v) is 20.3. The van der Waals surface area contributed by atoms with Gasteiger partial charge >= 0.3 is 6.03 Å². The molecule has 1 aliphatic heterocycles. The zero-order valence-corrected chi connectivity index (χ0v) is 32.8. The maximum atomic E-state index is 14.8. The third-order valence-corrected chi connectivity index (χ3v) is 15.2. The molecule has 4 aliphatic rings. The fourth-order valence-electron chi connectivity index (χ4n) is 8.85. The number of unbranched alkanes of at least 4 members (excludes halogenated alkanes) is 1. The Morgan fingerprint density at radius 3 is 2.12 bits per heavy atom. The topological polar surface area (TPSA) is 171 Å². The molecular weight excluding hydrogens is 671 g/mol. The van der Waals surface area contributed by atoms with E-state index in [-0.39, 0.29) is 41.9 Å². The van der Waals surface area contributed by atoms with Gasteiger partial charge in [0.15, 0.2) is 9.84 Å². The molecule has 5 amide bonds. The highest BCUT2D eigenvalue weighted by Crippen LogP contribution is 2.65. The zero-order valence-electron chi connectivity index (χ0n) is 32.0. The van der Waals surface area contributed by atoms with Crippen molar-refractivity contribution in [1.82, 2.24) is 26.2 Å². The Kier molecular flexibility index (Phi) is 12.5. The summed E-state index contributed by atoms with van der Waals surface area (Å²) in [7, 11) is -3.56. The van der Waals surface area contributed by atoms with Crippen molar-refractivity contribution in [3.8, 4) is 0 Å². The van der Waals surface area contributed by atoms with Gasteiger partial charge in [0.05, 0.1) is 22.1 Å². The number of piperidine rings is 1. The second-order valence-electron chi connectivity index (χ2n) is 17.6. The van der Waals surface area contributed by atoms with Crippen molar-refractivity contribution in [2.45, 2.75) is 154 Å². The normalized spacial score (nSPS) is 25.9. The highest BCUT2D eigenvalue weighted by Gasteiger charge is 2.70. The van der Waals surface area contributed by atoms with Gasteiger partial charge in [0.1, 0.15) is 12.1 Å². The van der Waals surface area contributed by atoms with Crippen LogP contribution in [0.4, 0.5) is 4.79 Å². The second kappa shape index (κ2) is 15.6. The number of likely N-dealkylation sites (tertiary alicyclic amines) is 1. The van der Waals surface area contributed by atoms with E-state index >= 15 is 0 Å². The number of nitrogens with zero attached hydrogens (tertiary/aromatic N) is 1. The number of hydrogen-bond acceptors (Lipinski definition) is 7. The van der Waals surface area contributed by atoms with Gasteiger partial charge in [0, 0.05) is 13.1 Å². The van der Waals surface area contributed by atoms with Gasteiger partial charge in [-0.3, -0.25) is 19.2 Å². The Morgan fingerprint density at radius 1 is 0.941 bits per heavy atom. The van der Waals surface area contributed by atoms with Crippen LogP contribution in [0.1, 0.15) is 126 Å². The van der Waals surface area contributed by atoms with Crippen LogP contribution in [0.15, 0.2) is 12.7 Å². The smallest absolute Gasteiger partial charge is 0.315 e. The Labute approximate surface area is 305 Å². The molecule has 1 heterocycles. The molecule has 12 nitrogen and oxygen atoms in total. The molecule has 0 aromatic rings. The van der Waals surface area contributed by atoms with Crippen molar-refractivity contribution in [2.75, 3.05) is 18.8 Å². The number of rotatable bonds is 15. The Morgan fingerprint density at radius 2 is 1.55 bits per heavy atom. The molecule has 5 atom stereocenters. The van der Waals surface area contributed by atoms with E-state index in [1.165, 1.54) is 6.08 Å². The number of ketones is 1. The summed E-state index contributed by atoms with van der Waals surface area (Å²) in [5.74, 6) is -2.60. The lowest BCUT2D eigenvalue weighted by atomic mass is 9.79. The molecule has 0 aromatic heterocycles. The maximum absolute atomic E-state index is 14.8. The summed E-state index contributed by atoms with van der Waals surface area (Å²) in [6, 6.07) is -3.43. The molecule has 2 unspecified atom stereocenters. The average molecular weight is 734 g/mol. The van der Waals surface area contributed by atoms with Crippen LogP contribution in [0.25, 0.3) is 0 Å². The summed E-state index contributed by atoms with van der Waals surface area (Å²) in [5.41, 5.74) is -1.72. The number of sulfone groups is 1. The fraction of sp³-hybridized carbons (Fsp3) is 0.816. The molecule has 288 valence electrons. The van der Waals surface area contributed by atoms with Gasteiger partial charge in [-0.2, -0.15) is 0 Å². The van der Waals surface area contributed by atoms with Crippen LogP contribution in [0, 0.1) is 22.7 Å².